The van der Waals surface area contributed by atoms with E-state index in [2.05, 4.69) is 19.2 Å². The highest BCUT2D eigenvalue weighted by molar-refractivity contribution is 5.84. The van der Waals surface area contributed by atoms with Crippen molar-refractivity contribution in [3.05, 3.63) is 42.5 Å². The maximum atomic E-state index is 12.1. The Hall–Kier alpha value is -2.56. The van der Waals surface area contributed by atoms with Gasteiger partial charge in [-0.2, -0.15) is 0 Å². The van der Waals surface area contributed by atoms with Crippen molar-refractivity contribution in [1.82, 2.24) is 5.32 Å². The van der Waals surface area contributed by atoms with Crippen LogP contribution >= 0.6 is 0 Å². The molecule has 2 aromatic carbocycles. The molecule has 5 nitrogen and oxygen atoms in total. The van der Waals surface area contributed by atoms with Crippen LogP contribution < -0.4 is 10.1 Å². The predicted octanol–water partition coefficient (Wildman–Crippen LogP) is 3.70. The standard InChI is InChI=1S/C22H27NO4/c1-15-6-5-9-20(16(15)2)23-21(24)13-27-22(25)14-26-19-11-10-17-7-3-4-8-18(17)12-19/h3-4,7-8,10-12,15-16,20H,5-6,9,13-14H2,1-2H3,(H,23,24)/t15-,16-,20-/m1/s1. The number of hydrogen-bond acceptors (Lipinski definition) is 4. The zero-order chi connectivity index (χ0) is 19.2. The molecule has 1 amide bonds. The van der Waals surface area contributed by atoms with E-state index in [1.165, 1.54) is 6.42 Å². The monoisotopic (exact) mass is 369 g/mol. The molecule has 5 heteroatoms. The van der Waals surface area contributed by atoms with Crippen LogP contribution in [0.25, 0.3) is 10.8 Å². The fourth-order valence-electron chi connectivity index (χ4n) is 3.62. The van der Waals surface area contributed by atoms with Gasteiger partial charge in [-0.25, -0.2) is 4.79 Å². The van der Waals surface area contributed by atoms with Crippen LogP contribution in [0, 0.1) is 11.8 Å². The Morgan fingerprint density at radius 1 is 1.04 bits per heavy atom. The first-order valence-electron chi connectivity index (χ1n) is 9.59. The first-order valence-corrected chi connectivity index (χ1v) is 9.59. The number of nitrogens with one attached hydrogen (secondary N) is 1. The summed E-state index contributed by atoms with van der Waals surface area (Å²) >= 11 is 0. The van der Waals surface area contributed by atoms with Crippen molar-refractivity contribution in [3.8, 4) is 5.75 Å². The third kappa shape index (κ3) is 5.22. The highest BCUT2D eigenvalue weighted by atomic mass is 16.6. The van der Waals surface area contributed by atoms with Crippen molar-refractivity contribution in [2.24, 2.45) is 11.8 Å². The fraction of sp³-hybridized carbons (Fsp3) is 0.455. The van der Waals surface area contributed by atoms with Gasteiger partial charge in [-0.3, -0.25) is 4.79 Å². The number of rotatable bonds is 6. The zero-order valence-corrected chi connectivity index (χ0v) is 15.9. The molecule has 1 N–H and O–H groups in total. The molecule has 3 atom stereocenters. The van der Waals surface area contributed by atoms with E-state index in [1.807, 2.05) is 42.5 Å². The van der Waals surface area contributed by atoms with E-state index in [0.29, 0.717) is 17.6 Å². The maximum absolute atomic E-state index is 12.1. The van der Waals surface area contributed by atoms with Gasteiger partial charge in [0.15, 0.2) is 13.2 Å². The van der Waals surface area contributed by atoms with Crippen LogP contribution in [0.1, 0.15) is 33.1 Å². The number of benzene rings is 2. The summed E-state index contributed by atoms with van der Waals surface area (Å²) in [7, 11) is 0. The molecule has 144 valence electrons. The van der Waals surface area contributed by atoms with E-state index >= 15 is 0 Å². The summed E-state index contributed by atoms with van der Waals surface area (Å²) in [6, 6.07) is 13.7. The number of ether oxygens (including phenoxy) is 2. The van der Waals surface area contributed by atoms with E-state index < -0.39 is 5.97 Å². The molecule has 0 aromatic heterocycles. The summed E-state index contributed by atoms with van der Waals surface area (Å²) in [6.45, 7) is 3.89. The minimum atomic E-state index is -0.552. The quantitative estimate of drug-likeness (QED) is 0.789. The molecule has 27 heavy (non-hydrogen) atoms. The number of fused-ring (bicyclic) bond motifs is 1. The third-order valence-electron chi connectivity index (χ3n) is 5.50. The van der Waals surface area contributed by atoms with Crippen molar-refractivity contribution in [2.75, 3.05) is 13.2 Å². The van der Waals surface area contributed by atoms with Crippen molar-refractivity contribution in [2.45, 2.75) is 39.2 Å². The van der Waals surface area contributed by atoms with Crippen LogP contribution in [0.3, 0.4) is 0 Å². The van der Waals surface area contributed by atoms with Gasteiger partial charge < -0.3 is 14.8 Å². The van der Waals surface area contributed by atoms with Gasteiger partial charge in [0.1, 0.15) is 5.75 Å². The van der Waals surface area contributed by atoms with E-state index in [0.717, 1.165) is 23.6 Å². The molecule has 2 aromatic rings. The molecule has 1 aliphatic carbocycles. The van der Waals surface area contributed by atoms with Crippen LogP contribution in [0.2, 0.25) is 0 Å². The lowest BCUT2D eigenvalue weighted by atomic mass is 9.78. The summed E-state index contributed by atoms with van der Waals surface area (Å²) in [6.07, 6.45) is 3.31. The molecular formula is C22H27NO4. The van der Waals surface area contributed by atoms with Gasteiger partial charge in [0.25, 0.3) is 5.91 Å². The molecule has 1 aliphatic rings. The lowest BCUT2D eigenvalue weighted by molar-refractivity contribution is -0.150. The Morgan fingerprint density at radius 3 is 2.63 bits per heavy atom. The second-order valence-electron chi connectivity index (χ2n) is 7.40. The van der Waals surface area contributed by atoms with E-state index in [1.54, 1.807) is 0 Å². The van der Waals surface area contributed by atoms with Gasteiger partial charge in [0, 0.05) is 6.04 Å². The predicted molar refractivity (Wildman–Crippen MR) is 105 cm³/mol. The first kappa shape index (κ1) is 19.2. The normalized spacial score (nSPS) is 22.2. The summed E-state index contributed by atoms with van der Waals surface area (Å²) in [4.78, 5) is 23.9. The van der Waals surface area contributed by atoms with Crippen LogP contribution in [-0.4, -0.2) is 31.1 Å². The van der Waals surface area contributed by atoms with Crippen molar-refractivity contribution in [1.29, 1.82) is 0 Å². The SMILES string of the molecule is C[C@@H]1[C@H](C)CCC[C@H]1NC(=O)COC(=O)COc1ccc2ccccc2c1. The summed E-state index contributed by atoms with van der Waals surface area (Å²) < 4.78 is 10.5. The Balaban J connectivity index is 1.41. The highest BCUT2D eigenvalue weighted by Gasteiger charge is 2.28. The lowest BCUT2D eigenvalue weighted by Crippen LogP contribution is -2.45. The van der Waals surface area contributed by atoms with Crippen LogP contribution in [0.5, 0.6) is 5.75 Å². The Kier molecular flexibility index (Phi) is 6.32. The molecule has 0 unspecified atom stereocenters. The van der Waals surface area contributed by atoms with Gasteiger partial charge in [-0.15, -0.1) is 0 Å². The minimum Gasteiger partial charge on any atom is -0.482 e. The number of amides is 1. The smallest absolute Gasteiger partial charge is 0.344 e. The average Bonchev–Trinajstić information content (AvgIpc) is 2.68. The van der Waals surface area contributed by atoms with Gasteiger partial charge in [0.05, 0.1) is 0 Å². The molecule has 0 saturated heterocycles. The van der Waals surface area contributed by atoms with E-state index in [9.17, 15) is 9.59 Å². The minimum absolute atomic E-state index is 0.161. The topological polar surface area (TPSA) is 64.6 Å². The molecule has 1 fully saturated rings. The third-order valence-corrected chi connectivity index (χ3v) is 5.50. The molecular weight excluding hydrogens is 342 g/mol. The lowest BCUT2D eigenvalue weighted by Gasteiger charge is -2.34. The summed E-state index contributed by atoms with van der Waals surface area (Å²) in [5, 5.41) is 5.14. The highest BCUT2D eigenvalue weighted by Crippen LogP contribution is 2.29. The van der Waals surface area contributed by atoms with Crippen molar-refractivity contribution < 1.29 is 19.1 Å². The van der Waals surface area contributed by atoms with Crippen molar-refractivity contribution in [3.63, 3.8) is 0 Å². The van der Waals surface area contributed by atoms with E-state index in [4.69, 9.17) is 9.47 Å². The molecule has 0 spiro atoms. The van der Waals surface area contributed by atoms with Gasteiger partial charge in [0.2, 0.25) is 0 Å². The van der Waals surface area contributed by atoms with E-state index in [-0.39, 0.29) is 25.2 Å². The molecule has 1 saturated carbocycles. The molecule has 0 heterocycles. The zero-order valence-electron chi connectivity index (χ0n) is 15.9. The molecule has 0 aliphatic heterocycles. The summed E-state index contributed by atoms with van der Waals surface area (Å²) in [5.41, 5.74) is 0. The number of hydrogen-bond donors (Lipinski definition) is 1. The fourth-order valence-corrected chi connectivity index (χ4v) is 3.62. The van der Waals surface area contributed by atoms with Gasteiger partial charge in [-0.05, 0) is 41.2 Å². The second-order valence-corrected chi connectivity index (χ2v) is 7.40. The Bertz CT molecular complexity index is 804. The summed E-state index contributed by atoms with van der Waals surface area (Å²) in [5.74, 6) is 0.833. The Labute approximate surface area is 160 Å². The largest absolute Gasteiger partial charge is 0.482 e. The van der Waals surface area contributed by atoms with Gasteiger partial charge in [-0.1, -0.05) is 57.0 Å². The maximum Gasteiger partial charge on any atom is 0.344 e. The number of esters is 1. The van der Waals surface area contributed by atoms with Crippen LogP contribution in [-0.2, 0) is 14.3 Å². The molecule has 3 rings (SSSR count). The molecule has 0 bridgehead atoms. The van der Waals surface area contributed by atoms with Crippen molar-refractivity contribution >= 4 is 22.6 Å². The molecule has 0 radical (unpaired) electrons. The average molecular weight is 369 g/mol. The Morgan fingerprint density at radius 2 is 1.81 bits per heavy atom. The van der Waals surface area contributed by atoms with Crippen LogP contribution in [0.4, 0.5) is 0 Å². The second kappa shape index (κ2) is 8.89. The van der Waals surface area contributed by atoms with Gasteiger partial charge >= 0.3 is 5.97 Å². The first-order chi connectivity index (χ1) is 13.0. The number of carbonyl (C=O) groups excluding carboxylic acids is 2. The van der Waals surface area contributed by atoms with Crippen LogP contribution in [0.15, 0.2) is 42.5 Å². The number of carbonyl (C=O) groups is 2.